The Morgan fingerprint density at radius 2 is 1.81 bits per heavy atom. The maximum absolute atomic E-state index is 14.0. The van der Waals surface area contributed by atoms with Crippen LogP contribution in [0.15, 0.2) is 54.7 Å². The molecule has 0 saturated carbocycles. The fraction of sp³-hybridized carbons (Fsp3) is 0.111. The lowest BCUT2D eigenvalue weighted by atomic mass is 10.00. The van der Waals surface area contributed by atoms with Gasteiger partial charge in [0.25, 0.3) is 0 Å². The molecule has 0 spiro atoms. The third kappa shape index (κ3) is 3.66. The van der Waals surface area contributed by atoms with Gasteiger partial charge in [-0.3, -0.25) is 0 Å². The molecule has 1 aromatic heterocycles. The first-order valence-electron chi connectivity index (χ1n) is 7.61. The molecule has 2 aromatic carbocycles. The Kier molecular flexibility index (Phi) is 5.19. The summed E-state index contributed by atoms with van der Waals surface area (Å²) in [6, 6.07) is 12.9. The number of carbonyl (C=O) groups is 1. The summed E-state index contributed by atoms with van der Waals surface area (Å²) in [5.41, 5.74) is 0.302. The van der Waals surface area contributed by atoms with Crippen LogP contribution in [-0.2, 0) is 4.79 Å². The summed E-state index contributed by atoms with van der Waals surface area (Å²) in [5.74, 6) is -6.87. The molecule has 0 saturated heterocycles. The molecule has 3 aromatic rings. The van der Waals surface area contributed by atoms with Crippen molar-refractivity contribution in [2.75, 3.05) is 0 Å². The van der Waals surface area contributed by atoms with E-state index in [1.807, 2.05) is 0 Å². The zero-order valence-electron chi connectivity index (χ0n) is 13.5. The lowest BCUT2D eigenvalue weighted by Gasteiger charge is -2.18. The number of alkyl halides is 2. The lowest BCUT2D eigenvalue weighted by molar-refractivity contribution is -0.182. The highest BCUT2D eigenvalue weighted by molar-refractivity contribution is 6.36. The van der Waals surface area contributed by atoms with Gasteiger partial charge in [0, 0.05) is 22.3 Å². The zero-order valence-corrected chi connectivity index (χ0v) is 15.0. The second-order valence-electron chi connectivity index (χ2n) is 5.67. The minimum atomic E-state index is -4.42. The maximum Gasteiger partial charge on any atom is 0.377 e. The van der Waals surface area contributed by atoms with Gasteiger partial charge in [0.1, 0.15) is 5.69 Å². The highest BCUT2D eigenvalue weighted by Crippen LogP contribution is 2.39. The Labute approximate surface area is 162 Å². The van der Waals surface area contributed by atoms with Gasteiger partial charge in [0.15, 0.2) is 6.10 Å². The summed E-state index contributed by atoms with van der Waals surface area (Å²) < 4.78 is 29.2. The Balaban J connectivity index is 2.21. The van der Waals surface area contributed by atoms with Gasteiger partial charge in [-0.25, -0.2) is 9.48 Å². The molecule has 0 aliphatic carbocycles. The molecular formula is C18H12Cl2F2N2O3. The Hall–Kier alpha value is -2.48. The summed E-state index contributed by atoms with van der Waals surface area (Å²) >= 11 is 12.0. The van der Waals surface area contributed by atoms with Gasteiger partial charge in [0.05, 0.1) is 10.7 Å². The van der Waals surface area contributed by atoms with E-state index >= 15 is 0 Å². The van der Waals surface area contributed by atoms with Crippen molar-refractivity contribution in [3.8, 4) is 16.9 Å². The molecule has 140 valence electrons. The summed E-state index contributed by atoms with van der Waals surface area (Å²) in [7, 11) is 0. The lowest BCUT2D eigenvalue weighted by Crippen LogP contribution is -2.35. The number of halogens is 4. The number of rotatable bonds is 5. The van der Waals surface area contributed by atoms with E-state index in [1.54, 1.807) is 30.3 Å². The Morgan fingerprint density at radius 3 is 2.41 bits per heavy atom. The predicted octanol–water partition coefficient (Wildman–Crippen LogP) is 4.60. The van der Waals surface area contributed by atoms with E-state index in [-0.39, 0.29) is 21.8 Å². The third-order valence-electron chi connectivity index (χ3n) is 3.87. The molecule has 9 heteroatoms. The summed E-state index contributed by atoms with van der Waals surface area (Å²) in [4.78, 5) is 10.9. The molecule has 1 unspecified atom stereocenters. The molecule has 0 radical (unpaired) electrons. The van der Waals surface area contributed by atoms with Gasteiger partial charge in [-0.05, 0) is 30.3 Å². The minimum Gasteiger partial charge on any atom is -0.477 e. The highest BCUT2D eigenvalue weighted by atomic mass is 35.5. The van der Waals surface area contributed by atoms with E-state index in [0.717, 1.165) is 6.20 Å². The number of hydrogen-bond donors (Lipinski definition) is 2. The molecule has 27 heavy (non-hydrogen) atoms. The largest absolute Gasteiger partial charge is 0.477 e. The molecule has 0 aliphatic heterocycles. The van der Waals surface area contributed by atoms with Crippen molar-refractivity contribution in [1.82, 2.24) is 9.78 Å². The van der Waals surface area contributed by atoms with Crippen LogP contribution < -0.4 is 0 Å². The molecule has 1 heterocycles. The van der Waals surface area contributed by atoms with E-state index < -0.39 is 18.0 Å². The SMILES string of the molecule is O=C(O)C(F)(F)C(O)c1cn(-c2ccccc2)nc1-c1ccc(Cl)cc1Cl. The van der Waals surface area contributed by atoms with Crippen LogP contribution in [0.5, 0.6) is 0 Å². The van der Waals surface area contributed by atoms with Crippen molar-refractivity contribution in [3.05, 3.63) is 70.3 Å². The molecule has 0 amide bonds. The van der Waals surface area contributed by atoms with E-state index in [9.17, 15) is 18.7 Å². The number of aliphatic carboxylic acids is 1. The number of carboxylic acid groups (broad SMARTS) is 1. The van der Waals surface area contributed by atoms with Crippen LogP contribution in [0.4, 0.5) is 8.78 Å². The van der Waals surface area contributed by atoms with Gasteiger partial charge in [-0.1, -0.05) is 41.4 Å². The van der Waals surface area contributed by atoms with E-state index in [2.05, 4.69) is 5.10 Å². The van der Waals surface area contributed by atoms with E-state index in [1.165, 1.54) is 22.9 Å². The number of nitrogens with zero attached hydrogens (tertiary/aromatic N) is 2. The molecule has 1 atom stereocenters. The molecule has 0 aliphatic rings. The topological polar surface area (TPSA) is 75.3 Å². The number of para-hydroxylation sites is 1. The van der Waals surface area contributed by atoms with E-state index in [4.69, 9.17) is 28.3 Å². The first-order chi connectivity index (χ1) is 12.7. The summed E-state index contributed by atoms with van der Waals surface area (Å²) in [6.07, 6.45) is -1.48. The van der Waals surface area contributed by atoms with Crippen molar-refractivity contribution in [3.63, 3.8) is 0 Å². The van der Waals surface area contributed by atoms with Gasteiger partial charge in [0.2, 0.25) is 0 Å². The highest BCUT2D eigenvalue weighted by Gasteiger charge is 2.49. The summed E-state index contributed by atoms with van der Waals surface area (Å²) in [6.45, 7) is 0. The zero-order chi connectivity index (χ0) is 19.8. The van der Waals surface area contributed by atoms with Gasteiger partial charge < -0.3 is 10.2 Å². The minimum absolute atomic E-state index is 0.0751. The molecule has 2 N–H and O–H groups in total. The number of carboxylic acids is 1. The fourth-order valence-electron chi connectivity index (χ4n) is 2.50. The van der Waals surface area contributed by atoms with Gasteiger partial charge in [-0.2, -0.15) is 13.9 Å². The van der Waals surface area contributed by atoms with Crippen LogP contribution in [0.3, 0.4) is 0 Å². The first kappa shape index (κ1) is 19.3. The number of aromatic nitrogens is 2. The number of aliphatic hydroxyl groups is 1. The van der Waals surface area contributed by atoms with Crippen molar-refractivity contribution >= 4 is 29.2 Å². The van der Waals surface area contributed by atoms with Crippen molar-refractivity contribution in [2.45, 2.75) is 12.0 Å². The second-order valence-corrected chi connectivity index (χ2v) is 6.51. The normalized spacial score (nSPS) is 12.8. The van der Waals surface area contributed by atoms with E-state index in [0.29, 0.717) is 10.7 Å². The molecular weight excluding hydrogens is 401 g/mol. The average molecular weight is 413 g/mol. The maximum atomic E-state index is 14.0. The molecule has 5 nitrogen and oxygen atoms in total. The number of aliphatic hydroxyl groups excluding tert-OH is 1. The second kappa shape index (κ2) is 7.26. The molecule has 0 fully saturated rings. The van der Waals surface area contributed by atoms with Crippen LogP contribution in [0.2, 0.25) is 10.0 Å². The number of hydrogen-bond acceptors (Lipinski definition) is 3. The monoisotopic (exact) mass is 412 g/mol. The first-order valence-corrected chi connectivity index (χ1v) is 8.37. The predicted molar refractivity (Wildman–Crippen MR) is 96.6 cm³/mol. The third-order valence-corrected chi connectivity index (χ3v) is 4.42. The average Bonchev–Trinajstić information content (AvgIpc) is 3.06. The summed E-state index contributed by atoms with van der Waals surface area (Å²) in [5, 5.41) is 23.6. The smallest absolute Gasteiger partial charge is 0.377 e. The molecule has 3 rings (SSSR count). The van der Waals surface area contributed by atoms with Crippen molar-refractivity contribution in [2.24, 2.45) is 0 Å². The van der Waals surface area contributed by atoms with Gasteiger partial charge in [-0.15, -0.1) is 0 Å². The Morgan fingerprint density at radius 1 is 1.15 bits per heavy atom. The van der Waals surface area contributed by atoms with Crippen LogP contribution in [-0.4, -0.2) is 31.9 Å². The molecule has 0 bridgehead atoms. The van der Waals surface area contributed by atoms with Crippen molar-refractivity contribution < 1.29 is 23.8 Å². The standard InChI is InChI=1S/C18H12Cl2F2N2O3/c19-10-6-7-12(14(20)8-10)15-13(16(25)18(21,22)17(26)27)9-24(23-15)11-4-2-1-3-5-11/h1-9,16,25H,(H,26,27). The quantitative estimate of drug-likeness (QED) is 0.641. The van der Waals surface area contributed by atoms with Crippen molar-refractivity contribution in [1.29, 1.82) is 0 Å². The Bertz CT molecular complexity index is 994. The number of benzene rings is 2. The van der Waals surface area contributed by atoms with Crippen LogP contribution >= 0.6 is 23.2 Å². The van der Waals surface area contributed by atoms with Crippen LogP contribution in [0.25, 0.3) is 16.9 Å². The van der Waals surface area contributed by atoms with Crippen LogP contribution in [0.1, 0.15) is 11.7 Å². The van der Waals surface area contributed by atoms with Crippen LogP contribution in [0, 0.1) is 0 Å². The fourth-order valence-corrected chi connectivity index (χ4v) is 3.00. The van der Waals surface area contributed by atoms with Gasteiger partial charge >= 0.3 is 11.9 Å².